The fourth-order valence-electron chi connectivity index (χ4n) is 15.7. The second-order valence-electron chi connectivity index (χ2n) is 38.9. The first-order chi connectivity index (χ1) is 66.3. The van der Waals surface area contributed by atoms with Gasteiger partial charge in [0.05, 0.1) is 17.1 Å². The van der Waals surface area contributed by atoms with E-state index in [0.717, 1.165) is 104 Å². The molecule has 0 spiro atoms. The summed E-state index contributed by atoms with van der Waals surface area (Å²) in [5.74, 6) is 1.42. The molecule has 11 aromatic rings. The summed E-state index contributed by atoms with van der Waals surface area (Å²) in [5.41, 5.74) is 15.5. The molecule has 12 N–H and O–H groups in total. The van der Waals surface area contributed by atoms with Gasteiger partial charge in [0.15, 0.2) is 25.1 Å². The molecule has 2 saturated carbocycles. The number of aliphatic hydroxyl groups is 2. The molecule has 13 rings (SSSR count). The van der Waals surface area contributed by atoms with Crippen LogP contribution in [0.15, 0.2) is 165 Å². The number of aryl methyl sites for hydroxylation is 9. The average Bonchev–Trinajstić information content (AvgIpc) is 1.64. The first-order valence-electron chi connectivity index (χ1n) is 47.2. The van der Waals surface area contributed by atoms with Crippen molar-refractivity contribution in [3.05, 3.63) is 234 Å². The highest BCUT2D eigenvalue weighted by molar-refractivity contribution is 7.91. The Hall–Kier alpha value is -12.3. The number of hydrogen-bond acceptors (Lipinski definition) is 22. The Balaban J connectivity index is 0.000000200. The number of nitrogens with one attached hydrogen (secondary N) is 10. The highest BCUT2D eigenvalue weighted by Gasteiger charge is 2.37. The van der Waals surface area contributed by atoms with Gasteiger partial charge in [0.2, 0.25) is 0 Å². The molecule has 0 bridgehead atoms. The van der Waals surface area contributed by atoms with Crippen molar-refractivity contribution in [2.45, 2.75) is 309 Å². The quantitative estimate of drug-likeness (QED) is 0.0207. The fourth-order valence-corrected chi connectivity index (χ4v) is 20.2. The number of anilines is 5. The van der Waals surface area contributed by atoms with Crippen molar-refractivity contribution >= 4 is 120 Å². The highest BCUT2D eigenvalue weighted by Crippen LogP contribution is 2.51. The SMILES string of the molecule is CCc1cc(Cl)cc(CC)c1NC(=O)NS(=O)(=O)c1ccn(C(C)C)n1.Cc1cc(C(C)C)c(NC(=O)NS(=O)(=O)c2cc(C(C)(C)O)n(-c3ccccc3)n2)c(C(C)C)c1.Cc1cc(C(C)C)c(NC(=O)NS(=O)(=O)c2cc(C(C)(C)O)n(C)n2)c(C(C)C)c1.Cc1cc(C)c(NC(=O)NS(=O)(=O)c2ccn(C(C)C)n2)c(C)c1.Cc1cc(C2CC2)c(NC(=O)NS(=O)(=O)c2ccn(C(C)C)n2)c(C2CC2)c1. The third-order valence-electron chi connectivity index (χ3n) is 23.1. The fraction of sp³-hybridized carbons (Fsp3) is 0.440. The molecule has 5 heterocycles. The van der Waals surface area contributed by atoms with Crippen LogP contribution >= 0.6 is 11.6 Å². The summed E-state index contributed by atoms with van der Waals surface area (Å²) in [6.45, 7) is 49.2. The minimum Gasteiger partial charge on any atom is -0.384 e. The van der Waals surface area contributed by atoms with Gasteiger partial charge in [-0.3, -0.25) is 18.7 Å². The van der Waals surface area contributed by atoms with Crippen LogP contribution < -0.4 is 50.2 Å². The molecular weight excluding hydrogens is 1950 g/mol. The molecule has 0 atom stereocenters. The number of aromatic nitrogens is 10. The Morgan fingerprint density at radius 3 is 0.951 bits per heavy atom. The molecule has 5 aromatic heterocycles. The second kappa shape index (κ2) is 46.6. The summed E-state index contributed by atoms with van der Waals surface area (Å²) in [5, 5.41) is 53.8. The number of halogens is 1. The maximum atomic E-state index is 13.1. The Morgan fingerprint density at radius 1 is 0.371 bits per heavy atom. The van der Waals surface area contributed by atoms with E-state index in [1.54, 1.807) is 59.7 Å². The van der Waals surface area contributed by atoms with E-state index in [4.69, 9.17) is 11.6 Å². The number of para-hydroxylation sites is 1. The minimum absolute atomic E-state index is 0.0149. The van der Waals surface area contributed by atoms with Crippen molar-refractivity contribution in [2.75, 3.05) is 26.6 Å². The van der Waals surface area contributed by atoms with E-state index < -0.39 is 91.5 Å². The minimum atomic E-state index is -4.33. The van der Waals surface area contributed by atoms with Gasteiger partial charge < -0.3 is 36.8 Å². The standard InChI is InChI=1S/C26H34N4O4S.C21H32N4O4S.C20H26N4O3S.C17H23ClN4O3S.C16H22N4O3S/c1-16(2)20-13-18(5)14-21(17(3)4)24(20)27-25(31)29-35(33,34)23-15-22(26(6,7)32)30(28-23)19-11-9-8-10-12-19;1-12(2)15-9-14(5)10-16(13(3)4)19(15)22-20(26)24-30(28,29)18-11-17(21(6,7)27)25(8)23-18;1-12(2)24-9-8-18(22-24)28(26,27)23-20(25)21-19-16(14-4-5-14)10-13(3)11-17(19)15-6-7-15;1-5-12-9-14(18)10-13(6-2)16(12)19-17(23)21-26(24,25)15-7-8-22(20-15)11(3)4;1-10(2)20-7-6-14(18-20)24(22,23)19-16(21)17-15-12(4)8-11(3)9-13(15)5/h8-17,32H,1-7H3,(H2,27,29,31);9-13,27H,1-8H3,(H2,22,24,26);8-12,14-15H,4-7H2,1-3H3,(H2,21,23,25);7-11H,5-6H2,1-4H3,(H2,19,21,23);6-10H,1-5H3,(H2,17,19,21). The smallest absolute Gasteiger partial charge is 0.333 e. The summed E-state index contributed by atoms with van der Waals surface area (Å²) in [7, 11) is -19.1. The van der Waals surface area contributed by atoms with Crippen molar-refractivity contribution in [3.63, 3.8) is 0 Å². The number of nitrogens with zero attached hydrogens (tertiary/aromatic N) is 10. The predicted octanol–water partition coefficient (Wildman–Crippen LogP) is 19.6. The highest BCUT2D eigenvalue weighted by atomic mass is 35.5. The molecule has 37 nitrogen and oxygen atoms in total. The van der Waals surface area contributed by atoms with E-state index in [1.807, 2.05) is 202 Å². The molecule has 0 unspecified atom stereocenters. The lowest BCUT2D eigenvalue weighted by Crippen LogP contribution is -2.35. The van der Waals surface area contributed by atoms with Gasteiger partial charge in [0.25, 0.3) is 50.1 Å². The zero-order chi connectivity index (χ0) is 107. The molecule has 0 radical (unpaired) electrons. The Kier molecular flexibility index (Phi) is 37.2. The van der Waals surface area contributed by atoms with Crippen LogP contribution in [0.2, 0.25) is 5.02 Å². The van der Waals surface area contributed by atoms with E-state index in [2.05, 4.69) is 80.6 Å². The summed E-state index contributed by atoms with van der Waals surface area (Å²) < 4.78 is 143. The third kappa shape index (κ3) is 30.4. The van der Waals surface area contributed by atoms with Gasteiger partial charge in [-0.15, -0.1) is 0 Å². The Labute approximate surface area is 845 Å². The van der Waals surface area contributed by atoms with Crippen LogP contribution in [0.4, 0.5) is 52.4 Å². The molecule has 776 valence electrons. The van der Waals surface area contributed by atoms with Gasteiger partial charge in [-0.1, -0.05) is 170 Å². The molecule has 10 amide bonds. The van der Waals surface area contributed by atoms with Crippen LogP contribution in [0, 0.1) is 41.5 Å². The zero-order valence-corrected chi connectivity index (χ0v) is 91.0. The van der Waals surface area contributed by atoms with Crippen molar-refractivity contribution in [3.8, 4) is 5.69 Å². The third-order valence-corrected chi connectivity index (χ3v) is 29.4. The number of carbonyl (C=O) groups is 5. The van der Waals surface area contributed by atoms with E-state index in [1.165, 1.54) is 89.4 Å². The van der Waals surface area contributed by atoms with Gasteiger partial charge >= 0.3 is 30.2 Å². The van der Waals surface area contributed by atoms with Gasteiger partial charge in [-0.05, 0) is 283 Å². The van der Waals surface area contributed by atoms with Crippen LogP contribution in [0.25, 0.3) is 5.69 Å². The topological polar surface area (TPSA) is 506 Å². The van der Waals surface area contributed by atoms with E-state index in [0.29, 0.717) is 63.8 Å². The van der Waals surface area contributed by atoms with E-state index in [-0.39, 0.29) is 72.6 Å². The summed E-state index contributed by atoms with van der Waals surface area (Å²) in [4.78, 5) is 62.5. The van der Waals surface area contributed by atoms with Crippen LogP contribution in [0.3, 0.4) is 0 Å². The van der Waals surface area contributed by atoms with Gasteiger partial charge in [0, 0.05) is 89.4 Å². The van der Waals surface area contributed by atoms with Crippen molar-refractivity contribution in [2.24, 2.45) is 7.05 Å². The normalized spacial score (nSPS) is 13.0. The molecular formula is C100H137ClN20O17S5. The largest absolute Gasteiger partial charge is 0.384 e. The molecule has 0 aliphatic heterocycles. The zero-order valence-electron chi connectivity index (χ0n) is 86.1. The lowest BCUT2D eigenvalue weighted by atomic mass is 9.90. The summed E-state index contributed by atoms with van der Waals surface area (Å²) in [6.07, 6.45) is 10.4. The summed E-state index contributed by atoms with van der Waals surface area (Å²) in [6, 6.07) is 31.0. The molecule has 43 heteroatoms. The lowest BCUT2D eigenvalue weighted by Gasteiger charge is -2.21. The van der Waals surface area contributed by atoms with Crippen molar-refractivity contribution < 1.29 is 76.3 Å². The van der Waals surface area contributed by atoms with Crippen LogP contribution in [-0.4, -0.2) is 131 Å². The molecule has 2 aliphatic carbocycles. The maximum Gasteiger partial charge on any atom is 0.333 e. The van der Waals surface area contributed by atoms with Gasteiger partial charge in [-0.25, -0.2) is 52.3 Å². The Bertz CT molecular complexity index is 6960. The van der Waals surface area contributed by atoms with Crippen LogP contribution in [-0.2, 0) is 81.2 Å². The number of sulfonamides is 5. The first-order valence-corrected chi connectivity index (χ1v) is 55.0. The molecule has 6 aromatic carbocycles. The molecule has 2 aliphatic rings. The number of rotatable bonds is 29. The first kappa shape index (κ1) is 114. The molecule has 143 heavy (non-hydrogen) atoms. The van der Waals surface area contributed by atoms with Crippen LogP contribution in [0.5, 0.6) is 0 Å². The summed E-state index contributed by atoms with van der Waals surface area (Å²) >= 11 is 6.10. The lowest BCUT2D eigenvalue weighted by molar-refractivity contribution is 0.0694. The number of amides is 10. The van der Waals surface area contributed by atoms with Gasteiger partial charge in [0.1, 0.15) is 11.2 Å². The number of urea groups is 5. The monoisotopic (exact) mass is 2080 g/mol. The number of carbonyl (C=O) groups excluding carboxylic acids is 5. The molecule has 0 saturated heterocycles. The number of benzene rings is 6. The number of hydrogen-bond donors (Lipinski definition) is 12. The predicted molar refractivity (Wildman–Crippen MR) is 557 cm³/mol. The Morgan fingerprint density at radius 2 is 0.657 bits per heavy atom. The average molecular weight is 2090 g/mol. The van der Waals surface area contributed by atoms with E-state index in [9.17, 15) is 76.3 Å². The van der Waals surface area contributed by atoms with Crippen molar-refractivity contribution in [1.29, 1.82) is 0 Å². The molecule has 2 fully saturated rings. The maximum absolute atomic E-state index is 13.1. The van der Waals surface area contributed by atoms with Crippen molar-refractivity contribution in [1.82, 2.24) is 72.5 Å². The van der Waals surface area contributed by atoms with Gasteiger partial charge in [-0.2, -0.15) is 67.6 Å². The second-order valence-corrected chi connectivity index (χ2v) is 47.5. The van der Waals surface area contributed by atoms with E-state index >= 15 is 0 Å². The van der Waals surface area contributed by atoms with Crippen LogP contribution in [0.1, 0.15) is 307 Å².